The van der Waals surface area contributed by atoms with Crippen LogP contribution in [0.3, 0.4) is 0 Å². The van der Waals surface area contributed by atoms with E-state index in [9.17, 15) is 19.2 Å². The first-order valence-corrected chi connectivity index (χ1v) is 20.3. The molecule has 10 nitrogen and oxygen atoms in total. The van der Waals surface area contributed by atoms with Crippen LogP contribution in [0.15, 0.2) is 24.3 Å². The number of ether oxygens (including phenoxy) is 4. The fourth-order valence-corrected chi connectivity index (χ4v) is 5.99. The van der Waals surface area contributed by atoms with Crippen LogP contribution in [0.4, 0.5) is 0 Å². The molecule has 11 heteroatoms. The maximum atomic E-state index is 12.5. The van der Waals surface area contributed by atoms with Crippen molar-refractivity contribution in [3.63, 3.8) is 0 Å². The summed E-state index contributed by atoms with van der Waals surface area (Å²) in [4.78, 5) is 47.9. The number of hydrogen-bond acceptors (Lipinski definition) is 10. The van der Waals surface area contributed by atoms with Crippen LogP contribution < -0.4 is 0 Å². The number of rotatable bonds is 21. The Hall–Kier alpha value is -2.84. The highest BCUT2D eigenvalue weighted by Crippen LogP contribution is 2.24. The lowest BCUT2D eigenvalue weighted by molar-refractivity contribution is -0.154. The van der Waals surface area contributed by atoms with E-state index in [1.807, 2.05) is 0 Å². The monoisotopic (exact) mass is 736 g/mol. The highest BCUT2D eigenvalue weighted by atomic mass is 31.1. The minimum Gasteiger partial charge on any atom is -0.465 e. The van der Waals surface area contributed by atoms with E-state index < -0.39 is 23.9 Å². The third-order valence-electron chi connectivity index (χ3n) is 8.90. The molecule has 0 spiro atoms. The Balaban J connectivity index is 0.000000462. The third kappa shape index (κ3) is 24.1. The van der Waals surface area contributed by atoms with Gasteiger partial charge in [-0.2, -0.15) is 0 Å². The van der Waals surface area contributed by atoms with Crippen molar-refractivity contribution in [1.29, 1.82) is 0 Å². The molecule has 3 rings (SSSR count). The maximum Gasteiger partial charge on any atom is 0.339 e. The number of benzene rings is 1. The standard InChI is InChI=1S/C20H26O4.C19H36O4.CH3O2P/c21-19(23-15-9-3-1-4-10-15)17-13-7-8-14-18(17)20(22)24-16-11-5-2-6-12-16;1-3-5-7-9-11-13-15-22-18(20)17-19(21)23-16-14-12-10-8-6-4-2;1-3-4-2/h7-8,13-16H,1-6,9-12H2;3-17H2,1-2H3;1H3. The second-order valence-corrected chi connectivity index (χ2v) is 13.8. The fourth-order valence-electron chi connectivity index (χ4n) is 5.99. The molecule has 2 aliphatic rings. The topological polar surface area (TPSA) is 132 Å². The van der Waals surface area contributed by atoms with Gasteiger partial charge in [0.2, 0.25) is 0 Å². The highest BCUT2D eigenvalue weighted by molar-refractivity contribution is 7.17. The van der Waals surface area contributed by atoms with Crippen molar-refractivity contribution in [3.05, 3.63) is 35.4 Å². The van der Waals surface area contributed by atoms with E-state index in [0.29, 0.717) is 24.3 Å². The van der Waals surface area contributed by atoms with Gasteiger partial charge in [0.25, 0.3) is 0 Å². The largest absolute Gasteiger partial charge is 0.465 e. The molecule has 0 unspecified atom stereocenters. The summed E-state index contributed by atoms with van der Waals surface area (Å²) in [5.74, 6) is -1.74. The Morgan fingerprint density at radius 3 is 1.29 bits per heavy atom. The lowest BCUT2D eigenvalue weighted by atomic mass is 9.97. The molecule has 0 amide bonds. The molecule has 51 heavy (non-hydrogen) atoms. The fraction of sp³-hybridized carbons (Fsp3) is 0.750. The number of carbonyl (C=O) groups excluding carboxylic acids is 4. The number of carbonyl (C=O) groups is 4. The number of hydrogen-bond donors (Lipinski definition) is 0. The van der Waals surface area contributed by atoms with Gasteiger partial charge in [-0.25, -0.2) is 14.2 Å². The van der Waals surface area contributed by atoms with Crippen molar-refractivity contribution in [2.45, 2.75) is 174 Å². The van der Waals surface area contributed by atoms with Crippen LogP contribution in [-0.4, -0.2) is 56.4 Å². The van der Waals surface area contributed by atoms with Crippen LogP contribution >= 0.6 is 8.69 Å². The molecule has 0 saturated heterocycles. The molecule has 0 aromatic heterocycles. The van der Waals surface area contributed by atoms with E-state index in [1.54, 1.807) is 24.3 Å². The lowest BCUT2D eigenvalue weighted by Crippen LogP contribution is -2.24. The summed E-state index contributed by atoms with van der Waals surface area (Å²) in [6, 6.07) is 6.83. The predicted octanol–water partition coefficient (Wildman–Crippen LogP) is 10.7. The summed E-state index contributed by atoms with van der Waals surface area (Å²) < 4.78 is 34.3. The van der Waals surface area contributed by atoms with Gasteiger partial charge in [-0.15, -0.1) is 0 Å². The van der Waals surface area contributed by atoms with Gasteiger partial charge in [0.15, 0.2) is 0 Å². The van der Waals surface area contributed by atoms with Crippen LogP contribution in [0, 0.1) is 0 Å². The van der Waals surface area contributed by atoms with Crippen LogP contribution in [-0.2, 0) is 37.6 Å². The zero-order valence-corrected chi connectivity index (χ0v) is 32.6. The summed E-state index contributed by atoms with van der Waals surface area (Å²) in [6.45, 7) is 5.20. The highest BCUT2D eigenvalue weighted by Gasteiger charge is 2.25. The van der Waals surface area contributed by atoms with Crippen molar-refractivity contribution < 1.29 is 47.2 Å². The van der Waals surface area contributed by atoms with Crippen molar-refractivity contribution in [1.82, 2.24) is 0 Å². The average molecular weight is 737 g/mol. The lowest BCUT2D eigenvalue weighted by Gasteiger charge is -2.23. The van der Waals surface area contributed by atoms with Gasteiger partial charge in [0.05, 0.1) is 24.3 Å². The Morgan fingerprint density at radius 1 is 0.588 bits per heavy atom. The minimum atomic E-state index is -0.466. The molecule has 0 N–H and O–H groups in total. The Labute approximate surface area is 308 Å². The molecule has 0 aliphatic heterocycles. The summed E-state index contributed by atoms with van der Waals surface area (Å²) in [5.41, 5.74) is 0.646. The maximum absolute atomic E-state index is 12.5. The van der Waals surface area contributed by atoms with E-state index in [-0.39, 0.29) is 27.3 Å². The van der Waals surface area contributed by atoms with Crippen molar-refractivity contribution in [2.75, 3.05) is 20.3 Å². The van der Waals surface area contributed by atoms with E-state index in [1.165, 1.54) is 71.3 Å². The van der Waals surface area contributed by atoms with Crippen LogP contribution in [0.5, 0.6) is 0 Å². The molecule has 0 bridgehead atoms. The summed E-state index contributed by atoms with van der Waals surface area (Å²) in [7, 11) is 1.10. The van der Waals surface area contributed by atoms with Gasteiger partial charge < -0.3 is 18.9 Å². The van der Waals surface area contributed by atoms with Gasteiger partial charge in [0.1, 0.15) is 18.6 Å². The van der Waals surface area contributed by atoms with Gasteiger partial charge in [-0.05, 0) is 76.3 Å². The van der Waals surface area contributed by atoms with Crippen LogP contribution in [0.2, 0.25) is 0 Å². The smallest absolute Gasteiger partial charge is 0.339 e. The van der Waals surface area contributed by atoms with Crippen molar-refractivity contribution in [2.24, 2.45) is 0 Å². The number of unbranched alkanes of at least 4 members (excludes halogenated alkanes) is 10. The number of esters is 4. The average Bonchev–Trinajstić information content (AvgIpc) is 3.15. The van der Waals surface area contributed by atoms with E-state index in [4.69, 9.17) is 23.5 Å². The third-order valence-corrected chi connectivity index (χ3v) is 9.05. The Morgan fingerprint density at radius 2 is 0.941 bits per heavy atom. The molecule has 0 atom stereocenters. The Kier molecular flexibility index (Phi) is 28.8. The summed E-state index contributed by atoms with van der Waals surface area (Å²) >= 11 is 0. The molecule has 1 aromatic rings. The molecule has 0 heterocycles. The molecule has 1 aromatic carbocycles. The first-order chi connectivity index (χ1) is 24.9. The molecular weight excluding hydrogens is 671 g/mol. The van der Waals surface area contributed by atoms with E-state index in [2.05, 4.69) is 18.4 Å². The molecule has 290 valence electrons. The van der Waals surface area contributed by atoms with Crippen LogP contribution in [0.25, 0.3) is 0 Å². The SMILES string of the molecule is CCCCCCCCOC(=O)CC(=O)OCCCCCCCC.COP=O.O=C(OC1CCCCC1)c1ccccc1C(=O)OC1CCCCC1. The summed E-state index contributed by atoms with van der Waals surface area (Å²) in [6.07, 6.45) is 24.0. The zero-order valence-electron chi connectivity index (χ0n) is 31.7. The minimum absolute atomic E-state index is 0.0197. The van der Waals surface area contributed by atoms with Gasteiger partial charge in [0, 0.05) is 7.11 Å². The molecular formula is C40H65O10P. The second kappa shape index (κ2) is 31.9. The normalized spacial score (nSPS) is 14.6. The Bertz CT molecular complexity index is 1000. The first-order valence-electron chi connectivity index (χ1n) is 19.5. The van der Waals surface area contributed by atoms with Gasteiger partial charge >= 0.3 is 32.6 Å². The van der Waals surface area contributed by atoms with Crippen molar-refractivity contribution >= 4 is 32.6 Å². The van der Waals surface area contributed by atoms with Gasteiger partial charge in [-0.1, -0.05) is 103 Å². The second-order valence-electron chi connectivity index (χ2n) is 13.3. The molecule has 2 saturated carbocycles. The molecule has 0 radical (unpaired) electrons. The van der Waals surface area contributed by atoms with Crippen LogP contribution in [0.1, 0.15) is 182 Å². The molecule has 2 fully saturated rings. The first kappa shape index (κ1) is 46.2. The van der Waals surface area contributed by atoms with Gasteiger partial charge in [-0.3, -0.25) is 14.1 Å². The quantitative estimate of drug-likeness (QED) is 0.0395. The van der Waals surface area contributed by atoms with E-state index >= 15 is 0 Å². The zero-order chi connectivity index (χ0) is 37.4. The van der Waals surface area contributed by atoms with Crippen molar-refractivity contribution in [3.8, 4) is 0 Å². The van der Waals surface area contributed by atoms with E-state index in [0.717, 1.165) is 77.0 Å². The predicted molar refractivity (Wildman–Crippen MR) is 199 cm³/mol. The summed E-state index contributed by atoms with van der Waals surface area (Å²) in [5, 5.41) is 0. The molecule has 2 aliphatic carbocycles.